The molecule has 1 heterocycles. The van der Waals surface area contributed by atoms with Crippen molar-refractivity contribution in [2.75, 3.05) is 0 Å². The Kier molecular flexibility index (Phi) is 14.7. The Labute approximate surface area is 173 Å². The van der Waals surface area contributed by atoms with Crippen molar-refractivity contribution in [3.63, 3.8) is 0 Å². The highest BCUT2D eigenvalue weighted by atomic mass is 16.4. The van der Waals surface area contributed by atoms with Crippen molar-refractivity contribution < 1.29 is 14.5 Å². The van der Waals surface area contributed by atoms with Gasteiger partial charge in [-0.25, -0.2) is 9.55 Å². The number of H-pyrrole nitrogens is 1. The van der Waals surface area contributed by atoms with Gasteiger partial charge in [-0.15, -0.1) is 0 Å². The summed E-state index contributed by atoms with van der Waals surface area (Å²) in [6.07, 6.45) is 24.7. The second-order valence-electron chi connectivity index (χ2n) is 8.48. The first kappa shape index (κ1) is 24.7. The number of aliphatic carboxylic acids is 1. The van der Waals surface area contributed by atoms with Gasteiger partial charge in [0.15, 0.2) is 0 Å². The van der Waals surface area contributed by atoms with Crippen LogP contribution in [0.4, 0.5) is 0 Å². The number of carboxylic acids is 1. The van der Waals surface area contributed by atoms with Crippen LogP contribution in [0.3, 0.4) is 0 Å². The molecule has 0 aliphatic heterocycles. The molecule has 4 heteroatoms. The first-order chi connectivity index (χ1) is 13.6. The zero-order chi connectivity index (χ0) is 20.5. The largest absolute Gasteiger partial charge is 0.481 e. The molecule has 162 valence electrons. The average Bonchev–Trinajstić information content (AvgIpc) is 2.99. The molecule has 1 aromatic heterocycles. The van der Waals surface area contributed by atoms with Crippen molar-refractivity contribution in [3.05, 3.63) is 17.7 Å². The van der Waals surface area contributed by atoms with Crippen LogP contribution >= 0.6 is 0 Å². The number of nitrogens with one attached hydrogen (secondary N) is 1. The Bertz CT molecular complexity index is 511. The lowest BCUT2D eigenvalue weighted by Crippen LogP contribution is -2.33. The van der Waals surface area contributed by atoms with Crippen molar-refractivity contribution in [2.45, 2.75) is 122 Å². The van der Waals surface area contributed by atoms with E-state index in [1.165, 1.54) is 108 Å². The lowest BCUT2D eigenvalue weighted by Gasteiger charge is -2.03. The summed E-state index contributed by atoms with van der Waals surface area (Å²) in [7, 11) is 2.15. The van der Waals surface area contributed by atoms with Crippen LogP contribution in [0.25, 0.3) is 0 Å². The van der Waals surface area contributed by atoms with Crippen LogP contribution < -0.4 is 4.57 Å². The quantitative estimate of drug-likeness (QED) is 0.211. The number of hydrogen-bond donors (Lipinski definition) is 2. The van der Waals surface area contributed by atoms with Gasteiger partial charge in [-0.3, -0.25) is 4.79 Å². The van der Waals surface area contributed by atoms with Crippen LogP contribution in [0, 0.1) is 6.92 Å². The molecule has 1 rings (SSSR count). The predicted octanol–water partition coefficient (Wildman–Crippen LogP) is 6.41. The number of hydrogen-bond acceptors (Lipinski definition) is 1. The molecule has 1 aromatic rings. The Balaban J connectivity index is 1.73. The summed E-state index contributed by atoms with van der Waals surface area (Å²) in [5.74, 6) is 0.583. The molecule has 0 saturated carbocycles. The van der Waals surface area contributed by atoms with E-state index in [1.54, 1.807) is 0 Å². The monoisotopic (exact) mass is 393 g/mol. The molecular weight excluding hydrogens is 348 g/mol. The van der Waals surface area contributed by atoms with Crippen LogP contribution in [0.1, 0.15) is 121 Å². The fourth-order valence-corrected chi connectivity index (χ4v) is 3.89. The molecule has 0 atom stereocenters. The molecule has 0 bridgehead atoms. The van der Waals surface area contributed by atoms with Crippen molar-refractivity contribution in [1.82, 2.24) is 4.98 Å². The van der Waals surface area contributed by atoms with Crippen LogP contribution in [-0.4, -0.2) is 16.1 Å². The molecule has 0 aliphatic carbocycles. The van der Waals surface area contributed by atoms with Crippen molar-refractivity contribution in [1.29, 1.82) is 0 Å². The highest BCUT2D eigenvalue weighted by Gasteiger charge is 2.08. The number of aromatic nitrogens is 2. The lowest BCUT2D eigenvalue weighted by atomic mass is 10.0. The first-order valence-corrected chi connectivity index (χ1v) is 11.9. The summed E-state index contributed by atoms with van der Waals surface area (Å²) in [6.45, 7) is 2.12. The molecule has 0 spiro atoms. The molecular formula is C24H45N2O2+. The third-order valence-corrected chi connectivity index (χ3v) is 5.96. The van der Waals surface area contributed by atoms with Gasteiger partial charge in [-0.1, -0.05) is 89.9 Å². The second-order valence-corrected chi connectivity index (χ2v) is 8.48. The van der Waals surface area contributed by atoms with Gasteiger partial charge in [0.1, 0.15) is 11.9 Å². The number of carbonyl (C=O) groups is 1. The molecule has 0 amide bonds. The number of aromatic amines is 1. The van der Waals surface area contributed by atoms with Gasteiger partial charge in [0, 0.05) is 19.8 Å². The SMILES string of the molecule is Cc1[nH]cc(CCCCCCCCCCCCCCCCCCC(=O)O)[n+]1C. The highest BCUT2D eigenvalue weighted by molar-refractivity contribution is 5.66. The second kappa shape index (κ2) is 16.6. The Morgan fingerprint density at radius 3 is 1.54 bits per heavy atom. The minimum absolute atomic E-state index is 0.339. The van der Waals surface area contributed by atoms with Crippen LogP contribution in [0.15, 0.2) is 6.20 Å². The topological polar surface area (TPSA) is 57.0 Å². The summed E-state index contributed by atoms with van der Waals surface area (Å²) < 4.78 is 2.27. The number of carboxylic acid groups (broad SMARTS) is 1. The van der Waals surface area contributed by atoms with E-state index in [1.807, 2.05) is 0 Å². The zero-order valence-corrected chi connectivity index (χ0v) is 18.6. The van der Waals surface area contributed by atoms with Crippen LogP contribution in [0.2, 0.25) is 0 Å². The minimum atomic E-state index is -0.656. The van der Waals surface area contributed by atoms with Crippen LogP contribution in [-0.2, 0) is 18.3 Å². The normalized spacial score (nSPS) is 11.2. The van der Waals surface area contributed by atoms with E-state index in [2.05, 4.69) is 29.7 Å². The first-order valence-electron chi connectivity index (χ1n) is 11.9. The molecule has 0 saturated heterocycles. The van der Waals surface area contributed by atoms with Crippen LogP contribution in [0.5, 0.6) is 0 Å². The summed E-state index contributed by atoms with van der Waals surface area (Å²) in [4.78, 5) is 13.7. The fourth-order valence-electron chi connectivity index (χ4n) is 3.89. The third-order valence-electron chi connectivity index (χ3n) is 5.96. The average molecular weight is 394 g/mol. The fraction of sp³-hybridized carbons (Fsp3) is 0.833. The number of rotatable bonds is 19. The Hall–Kier alpha value is -1.32. The van der Waals surface area contributed by atoms with E-state index in [9.17, 15) is 4.79 Å². The predicted molar refractivity (Wildman–Crippen MR) is 117 cm³/mol. The highest BCUT2D eigenvalue weighted by Crippen LogP contribution is 2.14. The van der Waals surface area contributed by atoms with Gasteiger partial charge < -0.3 is 5.11 Å². The molecule has 0 unspecified atom stereocenters. The summed E-state index contributed by atoms with van der Waals surface area (Å²) in [5, 5.41) is 8.59. The molecule has 4 nitrogen and oxygen atoms in total. The third kappa shape index (κ3) is 13.0. The molecule has 0 fully saturated rings. The summed E-state index contributed by atoms with van der Waals surface area (Å²) in [6, 6.07) is 0. The van der Waals surface area contributed by atoms with Gasteiger partial charge in [0.25, 0.3) is 5.82 Å². The molecule has 2 N–H and O–H groups in total. The number of aryl methyl sites for hydroxylation is 2. The maximum absolute atomic E-state index is 10.4. The summed E-state index contributed by atoms with van der Waals surface area (Å²) in [5.41, 5.74) is 1.43. The van der Waals surface area contributed by atoms with E-state index >= 15 is 0 Å². The van der Waals surface area contributed by atoms with E-state index < -0.39 is 5.97 Å². The van der Waals surface area contributed by atoms with E-state index in [4.69, 9.17) is 5.11 Å². The standard InChI is InChI=1S/C24H44N2O2/c1-22-25-21-23(26(22)2)19-17-15-13-11-9-7-5-3-4-6-8-10-12-14-16-18-20-24(27)28/h21H,3-20H2,1-2H3,(H,27,28)/p+1. The lowest BCUT2D eigenvalue weighted by molar-refractivity contribution is -0.683. The van der Waals surface area contributed by atoms with E-state index in [0.717, 1.165) is 12.8 Å². The number of imidazole rings is 1. The molecule has 0 radical (unpaired) electrons. The number of nitrogens with zero attached hydrogens (tertiary/aromatic N) is 1. The Morgan fingerprint density at radius 2 is 1.18 bits per heavy atom. The maximum atomic E-state index is 10.4. The van der Waals surface area contributed by atoms with E-state index in [-0.39, 0.29) is 0 Å². The smallest absolute Gasteiger partial charge is 0.303 e. The van der Waals surface area contributed by atoms with Crippen molar-refractivity contribution in [2.24, 2.45) is 7.05 Å². The molecule has 0 aliphatic rings. The van der Waals surface area contributed by atoms with Gasteiger partial charge in [-0.2, -0.15) is 0 Å². The molecule has 0 aromatic carbocycles. The van der Waals surface area contributed by atoms with Crippen molar-refractivity contribution >= 4 is 5.97 Å². The number of unbranched alkanes of at least 4 members (excludes halogenated alkanes) is 15. The van der Waals surface area contributed by atoms with Gasteiger partial charge in [0.2, 0.25) is 0 Å². The summed E-state index contributed by atoms with van der Waals surface area (Å²) >= 11 is 0. The van der Waals surface area contributed by atoms with Crippen molar-refractivity contribution in [3.8, 4) is 0 Å². The van der Waals surface area contributed by atoms with Gasteiger partial charge >= 0.3 is 5.97 Å². The maximum Gasteiger partial charge on any atom is 0.303 e. The van der Waals surface area contributed by atoms with E-state index in [0.29, 0.717) is 6.42 Å². The van der Waals surface area contributed by atoms with Gasteiger partial charge in [0.05, 0.1) is 7.05 Å². The van der Waals surface area contributed by atoms with Gasteiger partial charge in [-0.05, 0) is 12.8 Å². The Morgan fingerprint density at radius 1 is 0.786 bits per heavy atom. The molecule has 28 heavy (non-hydrogen) atoms. The zero-order valence-electron chi connectivity index (χ0n) is 18.6. The minimum Gasteiger partial charge on any atom is -0.481 e.